The van der Waals surface area contributed by atoms with Gasteiger partial charge in [0.25, 0.3) is 0 Å². The molecule has 52 valence electrons. The van der Waals surface area contributed by atoms with Crippen molar-refractivity contribution in [2.24, 2.45) is 0 Å². The number of benzene rings is 1. The molecule has 0 atom stereocenters. The van der Waals surface area contributed by atoms with Crippen LogP contribution in [-0.2, 0) is 0 Å². The second-order valence-corrected chi connectivity index (χ2v) is 2.31. The highest BCUT2D eigenvalue weighted by Crippen LogP contribution is 2.26. The highest BCUT2D eigenvalue weighted by molar-refractivity contribution is 5.72. The van der Waals surface area contributed by atoms with Gasteiger partial charge in [-0.3, -0.25) is 5.01 Å². The molecule has 3 heteroatoms. The molecule has 0 saturated heterocycles. The second kappa shape index (κ2) is 1.88. The Labute approximate surface area is 59.6 Å². The van der Waals surface area contributed by atoms with E-state index in [0.717, 1.165) is 5.69 Å². The first kappa shape index (κ1) is 5.56. The van der Waals surface area contributed by atoms with Gasteiger partial charge >= 0.3 is 0 Å². The van der Waals surface area contributed by atoms with Crippen LogP contribution in [0.3, 0.4) is 0 Å². The monoisotopic (exact) mass is 135 g/mol. The molecule has 0 saturated carbocycles. The van der Waals surface area contributed by atoms with Crippen LogP contribution in [0.1, 0.15) is 0 Å². The molecule has 2 N–H and O–H groups in total. The number of para-hydroxylation sites is 2. The number of hydrogen-bond acceptors (Lipinski definition) is 3. The van der Waals surface area contributed by atoms with E-state index in [1.165, 1.54) is 5.69 Å². The van der Waals surface area contributed by atoms with Gasteiger partial charge in [0.2, 0.25) is 0 Å². The molecule has 1 aromatic rings. The Hall–Kier alpha value is -1.22. The summed E-state index contributed by atoms with van der Waals surface area (Å²) < 4.78 is 0. The number of nitrogens with zero attached hydrogens (tertiary/aromatic N) is 1. The van der Waals surface area contributed by atoms with Crippen LogP contribution in [0.25, 0.3) is 0 Å². The number of hydrazine groups is 2. The highest BCUT2D eigenvalue weighted by atomic mass is 15.7. The summed E-state index contributed by atoms with van der Waals surface area (Å²) in [5.41, 5.74) is 8.31. The average Bonchev–Trinajstić information content (AvgIpc) is 2.34. The van der Waals surface area contributed by atoms with Gasteiger partial charge in [0.15, 0.2) is 0 Å². The van der Waals surface area contributed by atoms with Gasteiger partial charge in [-0.1, -0.05) is 12.1 Å². The molecule has 1 aliphatic heterocycles. The smallest absolute Gasteiger partial charge is 0.0779 e. The molecule has 0 bridgehead atoms. The molecular formula is C7H9N3. The van der Waals surface area contributed by atoms with Crippen LogP contribution in [0.4, 0.5) is 11.4 Å². The minimum absolute atomic E-state index is 1.13. The fourth-order valence-electron chi connectivity index (χ4n) is 1.08. The van der Waals surface area contributed by atoms with Gasteiger partial charge in [0.1, 0.15) is 0 Å². The Kier molecular flexibility index (Phi) is 1.05. The summed E-state index contributed by atoms with van der Waals surface area (Å²) >= 11 is 0. The van der Waals surface area contributed by atoms with Crippen molar-refractivity contribution in [3.8, 4) is 0 Å². The van der Waals surface area contributed by atoms with E-state index in [0.29, 0.717) is 0 Å². The van der Waals surface area contributed by atoms with Gasteiger partial charge in [-0.05, 0) is 12.1 Å². The van der Waals surface area contributed by atoms with Crippen molar-refractivity contribution in [1.29, 1.82) is 0 Å². The van der Waals surface area contributed by atoms with Crippen LogP contribution < -0.4 is 16.0 Å². The van der Waals surface area contributed by atoms with E-state index in [9.17, 15) is 0 Å². The molecule has 1 heterocycles. The zero-order valence-corrected chi connectivity index (χ0v) is 5.76. The first-order valence-electron chi connectivity index (χ1n) is 3.22. The molecule has 0 spiro atoms. The number of fused-ring (bicyclic) bond motifs is 1. The van der Waals surface area contributed by atoms with Crippen molar-refractivity contribution in [3.63, 3.8) is 0 Å². The summed E-state index contributed by atoms with van der Waals surface area (Å²) in [7, 11) is 1.97. The van der Waals surface area contributed by atoms with Crippen molar-refractivity contribution in [2.45, 2.75) is 0 Å². The fraction of sp³-hybridized carbons (Fsp3) is 0.143. The minimum atomic E-state index is 1.13. The topological polar surface area (TPSA) is 27.3 Å². The summed E-state index contributed by atoms with van der Waals surface area (Å²) in [6, 6.07) is 8.12. The second-order valence-electron chi connectivity index (χ2n) is 2.31. The largest absolute Gasteiger partial charge is 0.302 e. The summed E-state index contributed by atoms with van der Waals surface area (Å²) in [6.45, 7) is 0. The minimum Gasteiger partial charge on any atom is -0.302 e. The van der Waals surface area contributed by atoms with E-state index in [2.05, 4.69) is 17.0 Å². The van der Waals surface area contributed by atoms with Crippen molar-refractivity contribution in [3.05, 3.63) is 24.3 Å². The van der Waals surface area contributed by atoms with Crippen molar-refractivity contribution >= 4 is 11.4 Å². The third-order valence-electron chi connectivity index (χ3n) is 1.62. The third kappa shape index (κ3) is 0.642. The zero-order chi connectivity index (χ0) is 6.97. The van der Waals surface area contributed by atoms with Crippen molar-refractivity contribution in [1.82, 2.24) is 5.53 Å². The van der Waals surface area contributed by atoms with E-state index in [4.69, 9.17) is 0 Å². The number of rotatable bonds is 0. The molecule has 2 rings (SSSR count). The Morgan fingerprint density at radius 1 is 1.30 bits per heavy atom. The number of hydrogen-bond donors (Lipinski definition) is 2. The first-order chi connectivity index (χ1) is 4.88. The molecular weight excluding hydrogens is 126 g/mol. The predicted octanol–water partition coefficient (Wildman–Crippen LogP) is 0.968. The lowest BCUT2D eigenvalue weighted by Gasteiger charge is -2.08. The lowest BCUT2D eigenvalue weighted by Crippen LogP contribution is -2.31. The maximum Gasteiger partial charge on any atom is 0.0779 e. The highest BCUT2D eigenvalue weighted by Gasteiger charge is 2.11. The normalized spacial score (nSPS) is 14.7. The van der Waals surface area contributed by atoms with E-state index in [-0.39, 0.29) is 0 Å². The molecule has 1 aromatic carbocycles. The van der Waals surface area contributed by atoms with Gasteiger partial charge in [-0.25, -0.2) is 0 Å². The molecule has 0 unspecified atom stereocenters. The molecule has 3 nitrogen and oxygen atoms in total. The molecule has 0 aromatic heterocycles. The maximum atomic E-state index is 3.03. The van der Waals surface area contributed by atoms with Gasteiger partial charge in [0.05, 0.1) is 11.4 Å². The standard InChI is InChI=1S/C7H9N3/c1-10-7-5-3-2-4-6(7)8-9-10/h2-5,8-9H,1H3. The van der Waals surface area contributed by atoms with E-state index < -0.39 is 0 Å². The van der Waals surface area contributed by atoms with Gasteiger partial charge in [-0.15, -0.1) is 5.53 Å². The molecule has 0 amide bonds. The predicted molar refractivity (Wildman–Crippen MR) is 41.6 cm³/mol. The Balaban J connectivity index is 2.51. The van der Waals surface area contributed by atoms with E-state index in [1.54, 1.807) is 0 Å². The van der Waals surface area contributed by atoms with E-state index in [1.807, 2.05) is 30.3 Å². The molecule has 1 aliphatic rings. The Morgan fingerprint density at radius 2 is 2.10 bits per heavy atom. The SMILES string of the molecule is CN1NNc2ccccc21. The Morgan fingerprint density at radius 3 is 2.90 bits per heavy atom. The Bertz CT molecular complexity index is 246. The summed E-state index contributed by atoms with van der Waals surface area (Å²) in [6.07, 6.45) is 0. The summed E-state index contributed by atoms with van der Waals surface area (Å²) in [5, 5.41) is 1.94. The first-order valence-corrected chi connectivity index (χ1v) is 3.22. The summed E-state index contributed by atoms with van der Waals surface area (Å²) in [5.74, 6) is 0. The van der Waals surface area contributed by atoms with Crippen LogP contribution in [0.5, 0.6) is 0 Å². The lowest BCUT2D eigenvalue weighted by atomic mass is 10.3. The van der Waals surface area contributed by atoms with Gasteiger partial charge in [-0.2, -0.15) is 0 Å². The molecule has 0 radical (unpaired) electrons. The quantitative estimate of drug-likeness (QED) is 0.555. The van der Waals surface area contributed by atoms with Gasteiger partial charge in [0, 0.05) is 7.05 Å². The van der Waals surface area contributed by atoms with E-state index >= 15 is 0 Å². The number of anilines is 2. The molecule has 0 aliphatic carbocycles. The lowest BCUT2D eigenvalue weighted by molar-refractivity contribution is 0.820. The zero-order valence-electron chi connectivity index (χ0n) is 5.76. The maximum absolute atomic E-state index is 3.03. The van der Waals surface area contributed by atoms with Crippen LogP contribution >= 0.6 is 0 Å². The van der Waals surface area contributed by atoms with Crippen LogP contribution in [0.15, 0.2) is 24.3 Å². The van der Waals surface area contributed by atoms with Crippen molar-refractivity contribution < 1.29 is 0 Å². The average molecular weight is 135 g/mol. The summed E-state index contributed by atoms with van der Waals surface area (Å²) in [4.78, 5) is 0. The molecule has 0 fully saturated rings. The third-order valence-corrected chi connectivity index (χ3v) is 1.62. The molecule has 10 heavy (non-hydrogen) atoms. The van der Waals surface area contributed by atoms with Crippen LogP contribution in [0.2, 0.25) is 0 Å². The van der Waals surface area contributed by atoms with Crippen LogP contribution in [-0.4, -0.2) is 7.05 Å². The fourth-order valence-corrected chi connectivity index (χ4v) is 1.08. The number of nitrogens with one attached hydrogen (secondary N) is 2. The van der Waals surface area contributed by atoms with Crippen LogP contribution in [0, 0.1) is 0 Å². The van der Waals surface area contributed by atoms with Crippen molar-refractivity contribution in [2.75, 3.05) is 17.5 Å². The van der Waals surface area contributed by atoms with Gasteiger partial charge < -0.3 is 5.43 Å².